The molecule has 0 radical (unpaired) electrons. The van der Waals surface area contributed by atoms with Crippen LogP contribution in [-0.4, -0.2) is 59.6 Å². The number of methoxy groups -OCH3 is 1. The van der Waals surface area contributed by atoms with Gasteiger partial charge in [-0.3, -0.25) is 19.3 Å². The summed E-state index contributed by atoms with van der Waals surface area (Å²) in [5, 5.41) is 21.9. The van der Waals surface area contributed by atoms with Gasteiger partial charge in [-0.05, 0) is 61.2 Å². The van der Waals surface area contributed by atoms with E-state index in [0.717, 1.165) is 11.1 Å². The summed E-state index contributed by atoms with van der Waals surface area (Å²) in [6, 6.07) is 7.40. The summed E-state index contributed by atoms with van der Waals surface area (Å²) < 4.78 is 4.96. The van der Waals surface area contributed by atoms with Crippen molar-refractivity contribution in [2.24, 2.45) is 0 Å². The lowest BCUT2D eigenvalue weighted by Gasteiger charge is -2.12. The summed E-state index contributed by atoms with van der Waals surface area (Å²) in [6.07, 6.45) is 1.00. The molecule has 3 amide bonds. The summed E-state index contributed by atoms with van der Waals surface area (Å²) in [5.74, 6) is -1.53. The number of amides is 3. The molecule has 0 bridgehead atoms. The van der Waals surface area contributed by atoms with Crippen molar-refractivity contribution in [2.45, 2.75) is 19.8 Å². The number of fused-ring (bicyclic) bond motifs is 1. The second kappa shape index (κ2) is 8.96. The van der Waals surface area contributed by atoms with Gasteiger partial charge >= 0.3 is 0 Å². The van der Waals surface area contributed by atoms with Gasteiger partial charge in [0.2, 0.25) is 0 Å². The van der Waals surface area contributed by atoms with Crippen LogP contribution in [0.4, 0.5) is 0 Å². The molecule has 30 heavy (non-hydrogen) atoms. The zero-order valence-electron chi connectivity index (χ0n) is 16.9. The Hall–Kier alpha value is -3.39. The van der Waals surface area contributed by atoms with E-state index in [1.165, 1.54) is 35.2 Å². The summed E-state index contributed by atoms with van der Waals surface area (Å²) in [4.78, 5) is 38.6. The molecule has 0 spiro atoms. The fraction of sp³-hybridized carbons (Fsp3) is 0.318. The highest BCUT2D eigenvalue weighted by Gasteiger charge is 2.35. The Balaban J connectivity index is 1.64. The van der Waals surface area contributed by atoms with Gasteiger partial charge in [0.25, 0.3) is 17.7 Å². The number of carbonyl (C=O) groups excluding carboxylic acids is 3. The number of ether oxygens (including phenoxy) is 1. The van der Waals surface area contributed by atoms with Gasteiger partial charge in [-0.2, -0.15) is 0 Å². The first-order valence-electron chi connectivity index (χ1n) is 9.62. The summed E-state index contributed by atoms with van der Waals surface area (Å²) in [6.45, 7) is 2.81. The molecule has 3 N–H and O–H groups in total. The number of hydrogen-bond donors (Lipinski definition) is 3. The van der Waals surface area contributed by atoms with E-state index in [1.807, 2.05) is 0 Å². The van der Waals surface area contributed by atoms with E-state index in [4.69, 9.17) is 4.74 Å². The lowest BCUT2D eigenvalue weighted by atomic mass is 10.0. The Kier molecular flexibility index (Phi) is 6.37. The van der Waals surface area contributed by atoms with E-state index in [9.17, 15) is 24.6 Å². The van der Waals surface area contributed by atoms with Crippen LogP contribution < -0.4 is 5.32 Å². The van der Waals surface area contributed by atoms with Crippen LogP contribution >= 0.6 is 0 Å². The normalized spacial score (nSPS) is 12.9. The number of aryl methyl sites for hydroxylation is 1. The van der Waals surface area contributed by atoms with Gasteiger partial charge in [-0.15, -0.1) is 0 Å². The van der Waals surface area contributed by atoms with Crippen LogP contribution in [0.15, 0.2) is 30.3 Å². The number of benzene rings is 2. The van der Waals surface area contributed by atoms with Crippen molar-refractivity contribution in [1.82, 2.24) is 10.2 Å². The van der Waals surface area contributed by atoms with Crippen LogP contribution in [0.2, 0.25) is 0 Å². The average Bonchev–Trinajstić information content (AvgIpc) is 2.96. The molecular formula is C22H24N2O6. The van der Waals surface area contributed by atoms with Crippen molar-refractivity contribution in [3.8, 4) is 11.5 Å². The number of phenols is 2. The highest BCUT2D eigenvalue weighted by molar-refractivity contribution is 6.22. The minimum Gasteiger partial charge on any atom is -0.504 e. The van der Waals surface area contributed by atoms with E-state index < -0.39 is 5.91 Å². The first-order chi connectivity index (χ1) is 14.3. The van der Waals surface area contributed by atoms with Crippen molar-refractivity contribution < 1.29 is 29.3 Å². The predicted octanol–water partition coefficient (Wildman–Crippen LogP) is 2.01. The number of rotatable bonds is 8. The molecule has 1 aliphatic rings. The molecular weight excluding hydrogens is 388 g/mol. The molecule has 1 aliphatic heterocycles. The monoisotopic (exact) mass is 412 g/mol. The fourth-order valence-electron chi connectivity index (χ4n) is 3.41. The molecule has 3 rings (SSSR count). The first-order valence-corrected chi connectivity index (χ1v) is 9.62. The van der Waals surface area contributed by atoms with Gasteiger partial charge in [0, 0.05) is 32.4 Å². The second-order valence-electron chi connectivity index (χ2n) is 7.14. The maximum absolute atomic E-state index is 12.6. The van der Waals surface area contributed by atoms with Crippen molar-refractivity contribution in [1.29, 1.82) is 0 Å². The van der Waals surface area contributed by atoms with Crippen molar-refractivity contribution in [3.05, 3.63) is 58.1 Å². The van der Waals surface area contributed by atoms with Crippen LogP contribution in [0.3, 0.4) is 0 Å². The number of phenolic OH excluding ortho intramolecular Hbond substituents is 2. The second-order valence-corrected chi connectivity index (χ2v) is 7.14. The van der Waals surface area contributed by atoms with Gasteiger partial charge in [0.1, 0.15) is 0 Å². The summed E-state index contributed by atoms with van der Waals surface area (Å²) in [7, 11) is 1.55. The summed E-state index contributed by atoms with van der Waals surface area (Å²) in [5.41, 5.74) is 2.41. The molecule has 0 aromatic heterocycles. The van der Waals surface area contributed by atoms with Gasteiger partial charge in [-0.25, -0.2) is 0 Å². The van der Waals surface area contributed by atoms with Crippen molar-refractivity contribution >= 4 is 17.7 Å². The number of imide groups is 1. The predicted molar refractivity (Wildman–Crippen MR) is 109 cm³/mol. The van der Waals surface area contributed by atoms with Crippen LogP contribution in [0.5, 0.6) is 11.5 Å². The third-order valence-electron chi connectivity index (χ3n) is 5.08. The topological polar surface area (TPSA) is 116 Å². The van der Waals surface area contributed by atoms with Gasteiger partial charge in [0.15, 0.2) is 11.5 Å². The lowest BCUT2D eigenvalue weighted by Crippen LogP contribution is -2.31. The van der Waals surface area contributed by atoms with Gasteiger partial charge in [0.05, 0.1) is 11.1 Å². The van der Waals surface area contributed by atoms with E-state index >= 15 is 0 Å². The quantitative estimate of drug-likeness (QED) is 0.347. The SMILES string of the molecule is COCCCN1C(=O)c2ccc(C(=O)NCCc3cc(O)c(O)cc3C)cc2C1=O. The average molecular weight is 412 g/mol. The third kappa shape index (κ3) is 4.28. The minimum absolute atomic E-state index is 0.186. The molecule has 0 unspecified atom stereocenters. The van der Waals surface area contributed by atoms with Crippen molar-refractivity contribution in [2.75, 3.05) is 26.8 Å². The Morgan fingerprint density at radius 3 is 2.50 bits per heavy atom. The molecule has 8 nitrogen and oxygen atoms in total. The van der Waals surface area contributed by atoms with Crippen LogP contribution in [0, 0.1) is 6.92 Å². The Labute approximate surface area is 174 Å². The molecule has 0 fully saturated rings. The number of hydrogen-bond acceptors (Lipinski definition) is 6. The summed E-state index contributed by atoms with van der Waals surface area (Å²) >= 11 is 0. The van der Waals surface area contributed by atoms with E-state index in [2.05, 4.69) is 5.32 Å². The molecule has 8 heteroatoms. The standard InChI is InChI=1S/C22H24N2O6/c1-13-10-18(25)19(26)12-14(13)6-7-23-20(27)15-4-5-16-17(11-15)22(29)24(21(16)28)8-3-9-30-2/h4-5,10-12,25-26H,3,6-9H2,1-2H3,(H,23,27). The van der Waals surface area contributed by atoms with E-state index in [1.54, 1.807) is 14.0 Å². The zero-order valence-corrected chi connectivity index (χ0v) is 16.9. The smallest absolute Gasteiger partial charge is 0.261 e. The molecule has 0 saturated heterocycles. The molecule has 0 aliphatic carbocycles. The molecule has 0 atom stereocenters. The Morgan fingerprint density at radius 1 is 1.07 bits per heavy atom. The molecule has 1 heterocycles. The molecule has 158 valence electrons. The van der Waals surface area contributed by atoms with Crippen LogP contribution in [0.25, 0.3) is 0 Å². The Morgan fingerprint density at radius 2 is 1.77 bits per heavy atom. The largest absolute Gasteiger partial charge is 0.504 e. The number of nitrogens with one attached hydrogen (secondary N) is 1. The zero-order chi connectivity index (χ0) is 21.8. The Bertz CT molecular complexity index is 1000. The highest BCUT2D eigenvalue weighted by atomic mass is 16.5. The van der Waals surface area contributed by atoms with Crippen LogP contribution in [-0.2, 0) is 11.2 Å². The minimum atomic E-state index is -0.407. The maximum atomic E-state index is 12.6. The fourth-order valence-corrected chi connectivity index (χ4v) is 3.41. The highest BCUT2D eigenvalue weighted by Crippen LogP contribution is 2.28. The van der Waals surface area contributed by atoms with Crippen LogP contribution in [0.1, 0.15) is 48.6 Å². The van der Waals surface area contributed by atoms with Crippen molar-refractivity contribution in [3.63, 3.8) is 0 Å². The van der Waals surface area contributed by atoms with E-state index in [-0.39, 0.29) is 35.4 Å². The molecule has 2 aromatic carbocycles. The third-order valence-corrected chi connectivity index (χ3v) is 5.08. The van der Waals surface area contributed by atoms with Gasteiger partial charge < -0.3 is 20.3 Å². The van der Waals surface area contributed by atoms with Gasteiger partial charge in [-0.1, -0.05) is 0 Å². The van der Waals surface area contributed by atoms with E-state index in [0.29, 0.717) is 37.1 Å². The number of carbonyl (C=O) groups is 3. The number of aromatic hydroxyl groups is 2. The number of nitrogens with zero attached hydrogens (tertiary/aromatic N) is 1. The molecule has 2 aromatic rings. The molecule has 0 saturated carbocycles. The maximum Gasteiger partial charge on any atom is 0.261 e. The lowest BCUT2D eigenvalue weighted by molar-refractivity contribution is 0.0638. The first kappa shape index (κ1) is 21.3.